The molecule has 0 bridgehead atoms. The molecular formula is C27H29N5O6S2. The molecule has 13 heteroatoms. The third-order valence-corrected chi connectivity index (χ3v) is 10.0. The van der Waals surface area contributed by atoms with Gasteiger partial charge in [-0.3, -0.25) is 19.4 Å². The Morgan fingerprint density at radius 2 is 1.95 bits per heavy atom. The van der Waals surface area contributed by atoms with Gasteiger partial charge in [0.1, 0.15) is 12.1 Å². The van der Waals surface area contributed by atoms with Crippen LogP contribution in [0.25, 0.3) is 10.6 Å². The lowest BCUT2D eigenvalue weighted by molar-refractivity contribution is -0.646. The number of carbonyl (C=O) groups is 3. The highest BCUT2D eigenvalue weighted by Crippen LogP contribution is 2.34. The topological polar surface area (TPSA) is 144 Å². The number of hydrogen-bond donors (Lipinski definition) is 1. The number of likely N-dealkylation sites (tertiary alicyclic amines) is 1. The van der Waals surface area contributed by atoms with Crippen LogP contribution in [0.3, 0.4) is 0 Å². The molecule has 3 unspecified atom stereocenters. The Morgan fingerprint density at radius 3 is 2.65 bits per heavy atom. The summed E-state index contributed by atoms with van der Waals surface area (Å²) in [6.45, 7) is 3.58. The van der Waals surface area contributed by atoms with Crippen LogP contribution in [-0.4, -0.2) is 71.4 Å². The summed E-state index contributed by atoms with van der Waals surface area (Å²) in [6.07, 6.45) is 3.34. The van der Waals surface area contributed by atoms with E-state index in [0.717, 1.165) is 21.1 Å². The van der Waals surface area contributed by atoms with Crippen molar-refractivity contribution in [2.24, 2.45) is 5.92 Å². The summed E-state index contributed by atoms with van der Waals surface area (Å²) in [5.74, 6) is -1.20. The van der Waals surface area contributed by atoms with Gasteiger partial charge in [-0.2, -0.15) is 9.04 Å². The number of nitrogens with one attached hydrogen (secondary N) is 1. The van der Waals surface area contributed by atoms with Gasteiger partial charge in [-0.1, -0.05) is 19.9 Å². The molecule has 2 fully saturated rings. The number of sulfonamides is 1. The molecule has 2 aliphatic rings. The number of fused-ring (bicyclic) bond motifs is 1. The van der Waals surface area contributed by atoms with Crippen molar-refractivity contribution in [2.45, 2.75) is 49.8 Å². The highest BCUT2D eigenvalue weighted by molar-refractivity contribution is 7.89. The van der Waals surface area contributed by atoms with Crippen LogP contribution in [0.4, 0.5) is 0 Å². The van der Waals surface area contributed by atoms with Crippen LogP contribution in [-0.2, 0) is 19.6 Å². The number of thiophene rings is 1. The van der Waals surface area contributed by atoms with E-state index in [9.17, 15) is 28.0 Å². The molecule has 0 spiro atoms. The first-order valence-corrected chi connectivity index (χ1v) is 15.2. The second kappa shape index (κ2) is 11.1. The second-order valence-electron chi connectivity index (χ2n) is 10.2. The Hall–Kier alpha value is -3.68. The molecule has 0 aliphatic carbocycles. The molecule has 0 saturated carbocycles. The Kier molecular flexibility index (Phi) is 7.71. The van der Waals surface area contributed by atoms with Gasteiger partial charge in [0, 0.05) is 24.9 Å². The normalized spacial score (nSPS) is 20.1. The molecule has 1 N–H and O–H groups in total. The van der Waals surface area contributed by atoms with Crippen molar-refractivity contribution in [3.05, 3.63) is 71.0 Å². The van der Waals surface area contributed by atoms with Crippen LogP contribution < -0.4 is 10.0 Å². The van der Waals surface area contributed by atoms with E-state index in [2.05, 4.69) is 10.3 Å². The number of ketones is 1. The largest absolute Gasteiger partial charge is 0.618 e. The van der Waals surface area contributed by atoms with Crippen LogP contribution in [0, 0.1) is 11.1 Å². The smallest absolute Gasteiger partial charge is 0.323 e. The van der Waals surface area contributed by atoms with E-state index < -0.39 is 57.3 Å². The van der Waals surface area contributed by atoms with Gasteiger partial charge in [0.15, 0.2) is 12.0 Å². The number of amides is 2. The monoisotopic (exact) mass is 583 g/mol. The zero-order valence-corrected chi connectivity index (χ0v) is 23.6. The number of carbonyl (C=O) groups excluding carboxylic acids is 3. The third kappa shape index (κ3) is 5.23. The minimum atomic E-state index is -4.27. The molecule has 0 radical (unpaired) electrons. The zero-order valence-electron chi connectivity index (χ0n) is 22.0. The lowest BCUT2D eigenvalue weighted by Crippen LogP contribution is -2.53. The quantitative estimate of drug-likeness (QED) is 0.315. The minimum Gasteiger partial charge on any atom is -0.618 e. The maximum atomic E-state index is 13.8. The predicted octanol–water partition coefficient (Wildman–Crippen LogP) is 1.83. The van der Waals surface area contributed by atoms with Crippen LogP contribution in [0.2, 0.25) is 0 Å². The number of aromatic nitrogens is 2. The van der Waals surface area contributed by atoms with E-state index in [1.54, 1.807) is 24.4 Å². The van der Waals surface area contributed by atoms with Crippen LogP contribution in [0.1, 0.15) is 36.4 Å². The standard InChI is InChI=1S/C27H29N5O6S2/c1-17(2)15-19(29-26(34)23-10-9-22(39-23)18-7-3-5-12-28-18)27(35)30-14-11-20-25(30)21(33)16-32(20)40(37,38)24-8-4-6-13-31(24)36/h3-10,12-13,17,19-20,25H,11,14-16H2,1-2H3,(H,29,34). The van der Waals surface area contributed by atoms with E-state index in [0.29, 0.717) is 11.3 Å². The first-order valence-electron chi connectivity index (χ1n) is 12.9. The molecule has 3 aromatic rings. The molecule has 210 valence electrons. The maximum absolute atomic E-state index is 13.8. The van der Waals surface area contributed by atoms with Crippen LogP contribution in [0.5, 0.6) is 0 Å². The van der Waals surface area contributed by atoms with Gasteiger partial charge in [0.25, 0.3) is 5.91 Å². The Labute approximate surface area is 236 Å². The van der Waals surface area contributed by atoms with Gasteiger partial charge in [0.05, 0.1) is 28.0 Å². The Balaban J connectivity index is 1.34. The van der Waals surface area contributed by atoms with Crippen LogP contribution in [0.15, 0.2) is 66.0 Å². The summed E-state index contributed by atoms with van der Waals surface area (Å²) in [5, 5.41) is 14.6. The minimum absolute atomic E-state index is 0.0572. The number of pyridine rings is 2. The molecule has 5 heterocycles. The lowest BCUT2D eigenvalue weighted by atomic mass is 10.0. The van der Waals surface area contributed by atoms with E-state index in [-0.39, 0.29) is 23.6 Å². The van der Waals surface area contributed by atoms with Crippen LogP contribution >= 0.6 is 11.3 Å². The molecule has 3 aromatic heterocycles. The van der Waals surface area contributed by atoms with Crippen molar-refractivity contribution in [3.63, 3.8) is 0 Å². The van der Waals surface area contributed by atoms with Gasteiger partial charge < -0.3 is 15.4 Å². The van der Waals surface area contributed by atoms with E-state index in [4.69, 9.17) is 0 Å². The van der Waals surface area contributed by atoms with Gasteiger partial charge >= 0.3 is 15.0 Å². The molecule has 2 saturated heterocycles. The van der Waals surface area contributed by atoms with Crippen molar-refractivity contribution < 1.29 is 27.5 Å². The summed E-state index contributed by atoms with van der Waals surface area (Å²) in [5.41, 5.74) is 0.738. The number of nitrogens with zero attached hydrogens (tertiary/aromatic N) is 4. The second-order valence-corrected chi connectivity index (χ2v) is 13.2. The number of rotatable bonds is 8. The van der Waals surface area contributed by atoms with Crippen molar-refractivity contribution in [1.82, 2.24) is 19.5 Å². The average molecular weight is 584 g/mol. The molecule has 2 aliphatic heterocycles. The molecule has 11 nitrogen and oxygen atoms in total. The van der Waals surface area contributed by atoms with Crippen molar-refractivity contribution >= 4 is 39.0 Å². The summed E-state index contributed by atoms with van der Waals surface area (Å²) in [7, 11) is -4.27. The van der Waals surface area contributed by atoms with E-state index >= 15 is 0 Å². The fourth-order valence-electron chi connectivity index (χ4n) is 5.30. The summed E-state index contributed by atoms with van der Waals surface area (Å²) in [6, 6.07) is 10.4. The predicted molar refractivity (Wildman–Crippen MR) is 146 cm³/mol. The van der Waals surface area contributed by atoms with Gasteiger partial charge in [-0.05, 0) is 49.1 Å². The Morgan fingerprint density at radius 1 is 1.18 bits per heavy atom. The summed E-state index contributed by atoms with van der Waals surface area (Å²) in [4.78, 5) is 47.0. The summed E-state index contributed by atoms with van der Waals surface area (Å²) < 4.78 is 27.9. The van der Waals surface area contributed by atoms with Gasteiger partial charge in [-0.25, -0.2) is 8.42 Å². The van der Waals surface area contributed by atoms with E-state index in [1.807, 2.05) is 26.0 Å². The first-order chi connectivity index (χ1) is 19.1. The molecular weight excluding hydrogens is 554 g/mol. The van der Waals surface area contributed by atoms with Crippen molar-refractivity contribution in [3.8, 4) is 10.6 Å². The average Bonchev–Trinajstić information content (AvgIpc) is 3.66. The molecule has 2 amide bonds. The number of hydrogen-bond acceptors (Lipinski definition) is 8. The lowest BCUT2D eigenvalue weighted by Gasteiger charge is -2.29. The zero-order chi connectivity index (χ0) is 28.6. The molecule has 5 rings (SSSR count). The highest BCUT2D eigenvalue weighted by Gasteiger charge is 2.55. The maximum Gasteiger partial charge on any atom is 0.323 e. The van der Waals surface area contributed by atoms with Crippen molar-refractivity contribution in [1.29, 1.82) is 0 Å². The third-order valence-electron chi connectivity index (χ3n) is 7.08. The fraction of sp³-hybridized carbons (Fsp3) is 0.370. The first kappa shape index (κ1) is 27.9. The van der Waals surface area contributed by atoms with E-state index in [1.165, 1.54) is 34.4 Å². The van der Waals surface area contributed by atoms with Gasteiger partial charge in [0.2, 0.25) is 5.91 Å². The molecule has 3 atom stereocenters. The number of Topliss-reactive ketones (excluding diaryl/α,β-unsaturated/α-hetero) is 1. The summed E-state index contributed by atoms with van der Waals surface area (Å²) >= 11 is 1.26. The molecule has 0 aromatic carbocycles. The van der Waals surface area contributed by atoms with Crippen molar-refractivity contribution in [2.75, 3.05) is 13.1 Å². The SMILES string of the molecule is CC(C)CC(NC(=O)c1ccc(-c2ccccn2)s1)C(=O)N1CCC2C1C(=O)CN2S(=O)(=O)c1cccc[n+]1[O-]. The molecule has 40 heavy (non-hydrogen) atoms. The highest BCUT2D eigenvalue weighted by atomic mass is 32.2. The fourth-order valence-corrected chi connectivity index (χ4v) is 7.84. The Bertz CT molecular complexity index is 1540. The van der Waals surface area contributed by atoms with Gasteiger partial charge in [-0.15, -0.1) is 11.3 Å².